The molecule has 1 aromatic rings. The highest BCUT2D eigenvalue weighted by Gasteiger charge is 2.39. The highest BCUT2D eigenvalue weighted by molar-refractivity contribution is 5.96. The minimum atomic E-state index is 0.236. The van der Waals surface area contributed by atoms with Crippen molar-refractivity contribution in [3.63, 3.8) is 0 Å². The lowest BCUT2D eigenvalue weighted by atomic mass is 9.90. The Balaban J connectivity index is 1.64. The summed E-state index contributed by atoms with van der Waals surface area (Å²) >= 11 is 0. The van der Waals surface area contributed by atoms with Gasteiger partial charge in [0, 0.05) is 25.2 Å². The van der Waals surface area contributed by atoms with E-state index < -0.39 is 0 Å². The molecule has 1 N–H and O–H groups in total. The van der Waals surface area contributed by atoms with Crippen molar-refractivity contribution in [2.24, 2.45) is 11.8 Å². The quantitative estimate of drug-likeness (QED) is 0.826. The standard InChI is InChI=1S/C14H21N3O/c1-2-17-9-11(8-16-17)14(18)6-13-12-5-3-4-10(12)7-15-13/h8-10,12-13,15H,2-7H2,1H3. The van der Waals surface area contributed by atoms with Crippen LogP contribution in [0.25, 0.3) is 0 Å². The van der Waals surface area contributed by atoms with Crippen molar-refractivity contribution in [1.29, 1.82) is 0 Å². The van der Waals surface area contributed by atoms with Crippen LogP contribution in [0.5, 0.6) is 0 Å². The van der Waals surface area contributed by atoms with Gasteiger partial charge >= 0.3 is 0 Å². The molecule has 2 heterocycles. The van der Waals surface area contributed by atoms with Crippen LogP contribution >= 0.6 is 0 Å². The Morgan fingerprint density at radius 1 is 1.56 bits per heavy atom. The molecule has 98 valence electrons. The molecule has 0 spiro atoms. The van der Waals surface area contributed by atoms with Gasteiger partial charge in [0.15, 0.2) is 5.78 Å². The number of hydrogen-bond acceptors (Lipinski definition) is 3. The van der Waals surface area contributed by atoms with E-state index in [1.54, 1.807) is 6.20 Å². The number of Topliss-reactive ketones (excluding diaryl/α,β-unsaturated/α-hetero) is 1. The summed E-state index contributed by atoms with van der Waals surface area (Å²) < 4.78 is 1.81. The fraction of sp³-hybridized carbons (Fsp3) is 0.714. The normalized spacial score (nSPS) is 30.6. The van der Waals surface area contributed by atoms with Crippen LogP contribution in [0.1, 0.15) is 43.0 Å². The SMILES string of the molecule is CCn1cc(C(=O)CC2NCC3CCCC32)cn1. The van der Waals surface area contributed by atoms with E-state index in [0.29, 0.717) is 12.5 Å². The number of aryl methyl sites for hydroxylation is 1. The number of aromatic nitrogens is 2. The van der Waals surface area contributed by atoms with Gasteiger partial charge in [0.05, 0.1) is 11.8 Å². The van der Waals surface area contributed by atoms with Gasteiger partial charge in [0.25, 0.3) is 0 Å². The molecule has 2 fully saturated rings. The third kappa shape index (κ3) is 2.09. The highest BCUT2D eigenvalue weighted by atomic mass is 16.1. The molecule has 1 aromatic heterocycles. The van der Waals surface area contributed by atoms with Crippen molar-refractivity contribution in [2.75, 3.05) is 6.54 Å². The largest absolute Gasteiger partial charge is 0.313 e. The van der Waals surface area contributed by atoms with Gasteiger partial charge in [-0.15, -0.1) is 0 Å². The molecule has 2 aliphatic rings. The van der Waals surface area contributed by atoms with Crippen molar-refractivity contribution >= 4 is 5.78 Å². The monoisotopic (exact) mass is 247 g/mol. The number of rotatable bonds is 4. The second-order valence-corrected chi connectivity index (χ2v) is 5.58. The molecule has 1 aliphatic heterocycles. The Kier molecular flexibility index (Phi) is 3.20. The van der Waals surface area contributed by atoms with Crippen LogP contribution in [-0.2, 0) is 6.54 Å². The van der Waals surface area contributed by atoms with Gasteiger partial charge < -0.3 is 5.32 Å². The Morgan fingerprint density at radius 3 is 3.22 bits per heavy atom. The zero-order chi connectivity index (χ0) is 12.5. The summed E-state index contributed by atoms with van der Waals surface area (Å²) in [6.07, 6.45) is 8.18. The fourth-order valence-corrected chi connectivity index (χ4v) is 3.52. The molecule has 3 atom stereocenters. The minimum absolute atomic E-state index is 0.236. The molecule has 0 amide bonds. The summed E-state index contributed by atoms with van der Waals surface area (Å²) in [5, 5.41) is 7.70. The zero-order valence-corrected chi connectivity index (χ0v) is 10.9. The van der Waals surface area contributed by atoms with Crippen LogP contribution in [0.15, 0.2) is 12.4 Å². The van der Waals surface area contributed by atoms with Crippen molar-refractivity contribution in [3.8, 4) is 0 Å². The molecular formula is C14H21N3O. The number of hydrogen-bond donors (Lipinski definition) is 1. The summed E-state index contributed by atoms with van der Waals surface area (Å²) in [5.74, 6) is 1.79. The van der Waals surface area contributed by atoms with Crippen LogP contribution in [0.4, 0.5) is 0 Å². The number of carbonyl (C=O) groups excluding carboxylic acids is 1. The first-order chi connectivity index (χ1) is 8.78. The molecule has 1 saturated carbocycles. The first kappa shape index (κ1) is 11.9. The zero-order valence-electron chi connectivity index (χ0n) is 10.9. The third-order valence-electron chi connectivity index (χ3n) is 4.56. The van der Waals surface area contributed by atoms with Gasteiger partial charge in [-0.05, 0) is 38.1 Å². The molecular weight excluding hydrogens is 226 g/mol. The van der Waals surface area contributed by atoms with E-state index in [4.69, 9.17) is 0 Å². The molecule has 3 rings (SSSR count). The fourth-order valence-electron chi connectivity index (χ4n) is 3.52. The average Bonchev–Trinajstić information content (AvgIpc) is 3.05. The number of nitrogens with zero attached hydrogens (tertiary/aromatic N) is 2. The first-order valence-electron chi connectivity index (χ1n) is 7.07. The van der Waals surface area contributed by atoms with Crippen LogP contribution in [0, 0.1) is 11.8 Å². The van der Waals surface area contributed by atoms with E-state index in [2.05, 4.69) is 10.4 Å². The van der Waals surface area contributed by atoms with E-state index in [9.17, 15) is 4.79 Å². The lowest BCUT2D eigenvalue weighted by Crippen LogP contribution is -2.29. The topological polar surface area (TPSA) is 46.9 Å². The molecule has 4 heteroatoms. The molecule has 0 bridgehead atoms. The van der Waals surface area contributed by atoms with Gasteiger partial charge in [0.2, 0.25) is 0 Å². The molecule has 1 saturated heterocycles. The van der Waals surface area contributed by atoms with Crippen molar-refractivity contribution in [2.45, 2.75) is 45.2 Å². The van der Waals surface area contributed by atoms with Gasteiger partial charge in [-0.2, -0.15) is 5.10 Å². The lowest BCUT2D eigenvalue weighted by Gasteiger charge is -2.16. The molecule has 4 nitrogen and oxygen atoms in total. The third-order valence-corrected chi connectivity index (χ3v) is 4.56. The second-order valence-electron chi connectivity index (χ2n) is 5.58. The highest BCUT2D eigenvalue weighted by Crippen LogP contribution is 2.38. The van der Waals surface area contributed by atoms with E-state index in [1.807, 2.05) is 17.8 Å². The van der Waals surface area contributed by atoms with Crippen LogP contribution in [0.2, 0.25) is 0 Å². The van der Waals surface area contributed by atoms with Gasteiger partial charge in [-0.3, -0.25) is 9.48 Å². The maximum absolute atomic E-state index is 12.2. The lowest BCUT2D eigenvalue weighted by molar-refractivity contribution is 0.0963. The second kappa shape index (κ2) is 4.84. The van der Waals surface area contributed by atoms with Gasteiger partial charge in [-0.25, -0.2) is 0 Å². The molecule has 3 unspecified atom stereocenters. The summed E-state index contributed by atoms with van der Waals surface area (Å²) in [6, 6.07) is 0.398. The number of fused-ring (bicyclic) bond motifs is 1. The Bertz CT molecular complexity index is 440. The maximum atomic E-state index is 12.2. The van der Waals surface area contributed by atoms with E-state index >= 15 is 0 Å². The predicted octanol–water partition coefficient (Wildman–Crippen LogP) is 1.86. The average molecular weight is 247 g/mol. The maximum Gasteiger partial charge on any atom is 0.167 e. The number of ketones is 1. The van der Waals surface area contributed by atoms with E-state index in [0.717, 1.165) is 30.5 Å². The number of carbonyl (C=O) groups is 1. The van der Waals surface area contributed by atoms with Crippen LogP contribution in [-0.4, -0.2) is 28.2 Å². The number of nitrogens with one attached hydrogen (secondary N) is 1. The first-order valence-corrected chi connectivity index (χ1v) is 7.07. The van der Waals surface area contributed by atoms with E-state index in [-0.39, 0.29) is 5.78 Å². The van der Waals surface area contributed by atoms with Crippen LogP contribution < -0.4 is 5.32 Å². The Morgan fingerprint density at radius 2 is 2.44 bits per heavy atom. The molecule has 18 heavy (non-hydrogen) atoms. The minimum Gasteiger partial charge on any atom is -0.313 e. The summed E-state index contributed by atoms with van der Waals surface area (Å²) in [6.45, 7) is 3.96. The van der Waals surface area contributed by atoms with Crippen molar-refractivity contribution < 1.29 is 4.79 Å². The molecule has 1 aliphatic carbocycles. The summed E-state index contributed by atoms with van der Waals surface area (Å²) in [4.78, 5) is 12.2. The Hall–Kier alpha value is -1.16. The smallest absolute Gasteiger partial charge is 0.167 e. The van der Waals surface area contributed by atoms with Crippen molar-refractivity contribution in [1.82, 2.24) is 15.1 Å². The summed E-state index contributed by atoms with van der Waals surface area (Å²) in [5.41, 5.74) is 0.764. The van der Waals surface area contributed by atoms with Gasteiger partial charge in [0.1, 0.15) is 0 Å². The molecule has 0 aromatic carbocycles. The Labute approximate surface area is 108 Å². The van der Waals surface area contributed by atoms with E-state index in [1.165, 1.54) is 19.3 Å². The molecule has 0 radical (unpaired) electrons. The van der Waals surface area contributed by atoms with Gasteiger partial charge in [-0.1, -0.05) is 6.42 Å². The predicted molar refractivity (Wildman–Crippen MR) is 69.5 cm³/mol. The van der Waals surface area contributed by atoms with Crippen molar-refractivity contribution in [3.05, 3.63) is 18.0 Å². The summed E-state index contributed by atoms with van der Waals surface area (Å²) in [7, 11) is 0. The van der Waals surface area contributed by atoms with Crippen LogP contribution in [0.3, 0.4) is 0 Å².